The molecule has 0 saturated carbocycles. The van der Waals surface area contributed by atoms with Crippen LogP contribution < -0.4 is 14.8 Å². The number of aromatic nitrogens is 1. The molecule has 46 heavy (non-hydrogen) atoms. The maximum absolute atomic E-state index is 12.9. The van der Waals surface area contributed by atoms with Gasteiger partial charge in [0.15, 0.2) is 0 Å². The molecule has 3 heterocycles. The molecule has 1 N–H and O–H groups in total. The zero-order valence-corrected chi connectivity index (χ0v) is 28.2. The van der Waals surface area contributed by atoms with Gasteiger partial charge < -0.3 is 24.6 Å². The fourth-order valence-electron chi connectivity index (χ4n) is 5.61. The fourth-order valence-corrected chi connectivity index (χ4v) is 5.85. The van der Waals surface area contributed by atoms with Crippen LogP contribution in [0.2, 0.25) is 5.02 Å². The monoisotopic (exact) mass is 645 g/mol. The third kappa shape index (κ3) is 8.93. The fraction of sp³-hybridized carbons (Fsp3) is 0.444. The van der Waals surface area contributed by atoms with Gasteiger partial charge in [-0.1, -0.05) is 38.4 Å². The van der Waals surface area contributed by atoms with E-state index in [9.17, 15) is 9.59 Å². The third-order valence-corrected chi connectivity index (χ3v) is 8.56. The summed E-state index contributed by atoms with van der Waals surface area (Å²) in [5, 5.41) is 4.07. The maximum Gasteiger partial charge on any atom is 0.221 e. The number of piperazine rings is 1. The summed E-state index contributed by atoms with van der Waals surface area (Å²) in [7, 11) is 2.15. The van der Waals surface area contributed by atoms with Gasteiger partial charge in [-0.2, -0.15) is 0 Å². The number of hydrogen-bond donors (Lipinski definition) is 1. The van der Waals surface area contributed by atoms with Crippen molar-refractivity contribution in [3.05, 3.63) is 64.8 Å². The minimum atomic E-state index is -0.198. The minimum absolute atomic E-state index is 0.0316. The molecule has 9 nitrogen and oxygen atoms in total. The Labute approximate surface area is 276 Å². The quantitative estimate of drug-likeness (QED) is 0.222. The van der Waals surface area contributed by atoms with Crippen LogP contribution in [0.4, 0.5) is 5.69 Å². The summed E-state index contributed by atoms with van der Waals surface area (Å²) < 4.78 is 12.4. The summed E-state index contributed by atoms with van der Waals surface area (Å²) in [4.78, 5) is 38.9. The number of carbonyl (C=O) groups excluding carboxylic acids is 2. The number of nitrogens with one attached hydrogen (secondary N) is 1. The van der Waals surface area contributed by atoms with Gasteiger partial charge in [-0.25, -0.2) is 0 Å². The highest BCUT2D eigenvalue weighted by Crippen LogP contribution is 2.37. The summed E-state index contributed by atoms with van der Waals surface area (Å²) in [6.45, 7) is 14.2. The molecule has 0 bridgehead atoms. The van der Waals surface area contributed by atoms with Crippen molar-refractivity contribution < 1.29 is 19.1 Å². The average molecular weight is 646 g/mol. The van der Waals surface area contributed by atoms with Gasteiger partial charge in [-0.05, 0) is 54.9 Å². The molecule has 0 spiro atoms. The van der Waals surface area contributed by atoms with E-state index >= 15 is 0 Å². The normalized spacial score (nSPS) is 15.9. The molecule has 1 amide bonds. The van der Waals surface area contributed by atoms with Crippen LogP contribution in [-0.2, 0) is 16.0 Å². The zero-order chi connectivity index (χ0) is 32.8. The maximum atomic E-state index is 12.9. The van der Waals surface area contributed by atoms with Crippen LogP contribution in [0.3, 0.4) is 0 Å². The van der Waals surface area contributed by atoms with E-state index in [1.165, 1.54) is 6.92 Å². The molecule has 10 heteroatoms. The molecule has 244 valence electrons. The van der Waals surface area contributed by atoms with Gasteiger partial charge in [-0.15, -0.1) is 0 Å². The van der Waals surface area contributed by atoms with Crippen molar-refractivity contribution in [2.24, 2.45) is 10.4 Å². The van der Waals surface area contributed by atoms with Crippen molar-refractivity contribution in [2.45, 2.75) is 47.0 Å². The lowest BCUT2D eigenvalue weighted by Gasteiger charge is -2.32. The van der Waals surface area contributed by atoms with Crippen molar-refractivity contribution in [1.82, 2.24) is 14.8 Å². The van der Waals surface area contributed by atoms with Crippen molar-refractivity contribution in [3.8, 4) is 17.2 Å². The average Bonchev–Trinajstić information content (AvgIpc) is 3.47. The minimum Gasteiger partial charge on any atom is -0.491 e. The number of likely N-dealkylation sites (N-methyl/N-ethyl adjacent to an activating group) is 1. The number of amides is 1. The molecule has 0 aliphatic carbocycles. The molecule has 5 rings (SSSR count). The first-order valence-corrected chi connectivity index (χ1v) is 16.3. The number of hydrogen-bond acceptors (Lipinski definition) is 8. The van der Waals surface area contributed by atoms with Gasteiger partial charge >= 0.3 is 0 Å². The van der Waals surface area contributed by atoms with E-state index in [2.05, 4.69) is 59.0 Å². The molecule has 1 saturated heterocycles. The van der Waals surface area contributed by atoms with Gasteiger partial charge in [0.2, 0.25) is 5.91 Å². The van der Waals surface area contributed by atoms with Gasteiger partial charge in [0.25, 0.3) is 0 Å². The van der Waals surface area contributed by atoms with E-state index in [4.69, 9.17) is 21.1 Å². The Bertz CT molecular complexity index is 1650. The number of ether oxygens (including phenoxy) is 2. The summed E-state index contributed by atoms with van der Waals surface area (Å²) in [5.74, 6) is 1.55. The summed E-state index contributed by atoms with van der Waals surface area (Å²) in [6, 6.07) is 10.8. The predicted octanol–water partition coefficient (Wildman–Crippen LogP) is 6.58. The number of rotatable bonds is 12. The number of pyridine rings is 1. The summed E-state index contributed by atoms with van der Waals surface area (Å²) in [5.41, 5.74) is 4.01. The lowest BCUT2D eigenvalue weighted by Crippen LogP contribution is -2.44. The van der Waals surface area contributed by atoms with E-state index in [0.29, 0.717) is 58.4 Å². The molecule has 2 aromatic carbocycles. The SMILES string of the molecule is CC(=O)Nc1cc2c(Oc3ccc(CC(=O)CC4=CC(C(C)(C)C)=NC4)c(Cl)c3)ccnc2cc1OCCCN1CCN(C)CC1. The number of benzene rings is 2. The van der Waals surface area contributed by atoms with Gasteiger partial charge in [0.05, 0.1) is 24.4 Å². The largest absolute Gasteiger partial charge is 0.491 e. The second kappa shape index (κ2) is 14.8. The Morgan fingerprint density at radius 1 is 1.02 bits per heavy atom. The summed E-state index contributed by atoms with van der Waals surface area (Å²) >= 11 is 6.63. The molecule has 0 radical (unpaired) electrons. The number of Topliss-reactive ketones (excluding diaryl/α,β-unsaturated/α-hetero) is 1. The number of fused-ring (bicyclic) bond motifs is 1. The lowest BCUT2D eigenvalue weighted by molar-refractivity contribution is -0.118. The van der Waals surface area contributed by atoms with Crippen LogP contribution in [0.1, 0.15) is 46.1 Å². The molecule has 1 aromatic heterocycles. The third-order valence-electron chi connectivity index (χ3n) is 8.21. The number of halogens is 1. The van der Waals surface area contributed by atoms with Crippen LogP contribution in [0.25, 0.3) is 10.9 Å². The number of nitrogens with zero attached hydrogens (tertiary/aromatic N) is 4. The van der Waals surface area contributed by atoms with Crippen molar-refractivity contribution in [1.29, 1.82) is 0 Å². The summed E-state index contributed by atoms with van der Waals surface area (Å²) in [6.07, 6.45) is 5.20. The molecule has 3 aromatic rings. The van der Waals surface area contributed by atoms with Gasteiger partial charge in [0, 0.05) is 86.3 Å². The topological polar surface area (TPSA) is 96.4 Å². The first-order chi connectivity index (χ1) is 21.9. The van der Waals surface area contributed by atoms with Crippen LogP contribution in [0, 0.1) is 5.41 Å². The second-order valence-electron chi connectivity index (χ2n) is 13.2. The van der Waals surface area contributed by atoms with E-state index in [0.717, 1.165) is 56.0 Å². The molecular weight excluding hydrogens is 602 g/mol. The molecular formula is C36H44ClN5O4. The van der Waals surface area contributed by atoms with Crippen LogP contribution in [0.5, 0.6) is 17.2 Å². The van der Waals surface area contributed by atoms with Crippen molar-refractivity contribution >= 4 is 45.6 Å². The van der Waals surface area contributed by atoms with Crippen LogP contribution in [0.15, 0.2) is 59.2 Å². The first kappa shape index (κ1) is 33.6. The van der Waals surface area contributed by atoms with E-state index < -0.39 is 0 Å². The Balaban J connectivity index is 1.24. The highest BCUT2D eigenvalue weighted by molar-refractivity contribution is 6.31. The number of aliphatic imine (C=N–C) groups is 1. The highest BCUT2D eigenvalue weighted by Gasteiger charge is 2.22. The Morgan fingerprint density at radius 3 is 2.50 bits per heavy atom. The number of anilines is 1. The van der Waals surface area contributed by atoms with Crippen LogP contribution in [-0.4, -0.2) is 85.1 Å². The molecule has 0 unspecified atom stereocenters. The Hall–Kier alpha value is -3.79. The van der Waals surface area contributed by atoms with Gasteiger partial charge in [-0.3, -0.25) is 19.6 Å². The lowest BCUT2D eigenvalue weighted by atomic mass is 9.89. The van der Waals surface area contributed by atoms with Crippen LogP contribution >= 0.6 is 11.6 Å². The van der Waals surface area contributed by atoms with E-state index in [1.807, 2.05) is 24.3 Å². The molecule has 2 aliphatic rings. The predicted molar refractivity (Wildman–Crippen MR) is 185 cm³/mol. The van der Waals surface area contributed by atoms with E-state index in [-0.39, 0.29) is 23.5 Å². The number of ketones is 1. The smallest absolute Gasteiger partial charge is 0.221 e. The molecule has 1 fully saturated rings. The second-order valence-corrected chi connectivity index (χ2v) is 13.6. The number of allylic oxidation sites excluding steroid dienone is 1. The van der Waals surface area contributed by atoms with E-state index in [1.54, 1.807) is 18.3 Å². The number of carbonyl (C=O) groups is 2. The highest BCUT2D eigenvalue weighted by atomic mass is 35.5. The molecule has 2 aliphatic heterocycles. The van der Waals surface area contributed by atoms with Crippen molar-refractivity contribution in [3.63, 3.8) is 0 Å². The first-order valence-electron chi connectivity index (χ1n) is 15.9. The zero-order valence-electron chi connectivity index (χ0n) is 27.5. The molecule has 0 atom stereocenters. The Morgan fingerprint density at radius 2 is 1.80 bits per heavy atom. The Kier molecular flexibility index (Phi) is 10.8. The van der Waals surface area contributed by atoms with Crippen molar-refractivity contribution in [2.75, 3.05) is 58.2 Å². The van der Waals surface area contributed by atoms with Gasteiger partial charge in [0.1, 0.15) is 23.0 Å². The standard InChI is InChI=1S/C36H44ClN5O4/c1-24(43)40-32-21-29-31(22-34(32)45-16-6-11-42-14-12-41(5)13-15-42)38-10-9-33(29)46-28-8-7-26(30(37)20-28)19-27(44)17-25-18-35(39-23-25)36(2,3)4/h7-10,18,20-22H,6,11-17,19,23H2,1-5H3,(H,40,43).